The van der Waals surface area contributed by atoms with Crippen molar-refractivity contribution in [2.24, 2.45) is 0 Å². The molecule has 4 nitrogen and oxygen atoms in total. The molecule has 0 aromatic carbocycles. The van der Waals surface area contributed by atoms with Gasteiger partial charge < -0.3 is 9.67 Å². The van der Waals surface area contributed by atoms with E-state index < -0.39 is 5.97 Å². The molecule has 0 aliphatic heterocycles. The van der Waals surface area contributed by atoms with Crippen LogP contribution in [0, 0.1) is 0 Å². The quantitative estimate of drug-likeness (QED) is 0.866. The van der Waals surface area contributed by atoms with Crippen molar-refractivity contribution >= 4 is 17.3 Å². The van der Waals surface area contributed by atoms with Crippen LogP contribution in [0.2, 0.25) is 0 Å². The van der Waals surface area contributed by atoms with Crippen LogP contribution in [0.25, 0.3) is 5.13 Å². The molecule has 0 aliphatic carbocycles. The van der Waals surface area contributed by atoms with Crippen LogP contribution in [0.1, 0.15) is 22.3 Å². The first kappa shape index (κ1) is 9.92. The number of nitrogens with zero attached hydrogens (tertiary/aromatic N) is 2. The average molecular weight is 222 g/mol. The van der Waals surface area contributed by atoms with E-state index in [4.69, 9.17) is 5.11 Å². The molecule has 0 saturated heterocycles. The van der Waals surface area contributed by atoms with E-state index >= 15 is 0 Å². The van der Waals surface area contributed by atoms with Crippen molar-refractivity contribution in [3.05, 3.63) is 35.1 Å². The molecule has 0 spiro atoms. The standard InChI is InChI=1S/C10H10N2O2S/c1-2-7-8(9(13)14)15-10(11-7)12-5-3-4-6-12/h3-6H,2H2,1H3,(H,13,14). The fraction of sp³-hybridized carbons (Fsp3) is 0.200. The van der Waals surface area contributed by atoms with Crippen molar-refractivity contribution in [3.8, 4) is 5.13 Å². The minimum Gasteiger partial charge on any atom is -0.477 e. The van der Waals surface area contributed by atoms with Crippen molar-refractivity contribution < 1.29 is 9.90 Å². The zero-order valence-corrected chi connectivity index (χ0v) is 8.99. The second kappa shape index (κ2) is 3.86. The minimum atomic E-state index is -0.900. The monoisotopic (exact) mass is 222 g/mol. The number of aryl methyl sites for hydroxylation is 1. The lowest BCUT2D eigenvalue weighted by molar-refractivity contribution is 0.0701. The summed E-state index contributed by atoms with van der Waals surface area (Å²) >= 11 is 1.20. The van der Waals surface area contributed by atoms with E-state index in [1.54, 1.807) is 0 Å². The van der Waals surface area contributed by atoms with E-state index in [0.717, 1.165) is 0 Å². The summed E-state index contributed by atoms with van der Waals surface area (Å²) in [6.45, 7) is 1.90. The van der Waals surface area contributed by atoms with Gasteiger partial charge in [0, 0.05) is 12.4 Å². The molecule has 5 heteroatoms. The first-order valence-electron chi connectivity index (χ1n) is 4.58. The van der Waals surface area contributed by atoms with Crippen molar-refractivity contribution in [1.29, 1.82) is 0 Å². The van der Waals surface area contributed by atoms with Gasteiger partial charge in [-0.1, -0.05) is 18.3 Å². The lowest BCUT2D eigenvalue weighted by Crippen LogP contribution is -1.97. The molecular weight excluding hydrogens is 212 g/mol. The fourth-order valence-corrected chi connectivity index (χ4v) is 2.28. The minimum absolute atomic E-state index is 0.334. The Morgan fingerprint density at radius 2 is 2.20 bits per heavy atom. The van der Waals surface area contributed by atoms with Gasteiger partial charge in [0.2, 0.25) is 0 Å². The maximum Gasteiger partial charge on any atom is 0.347 e. The largest absolute Gasteiger partial charge is 0.477 e. The molecule has 0 amide bonds. The van der Waals surface area contributed by atoms with Gasteiger partial charge in [-0.3, -0.25) is 0 Å². The molecule has 0 radical (unpaired) electrons. The predicted octanol–water partition coefficient (Wildman–Crippen LogP) is 2.19. The molecular formula is C10H10N2O2S. The Kier molecular flexibility index (Phi) is 2.55. The summed E-state index contributed by atoms with van der Waals surface area (Å²) in [4.78, 5) is 15.6. The average Bonchev–Trinajstić information content (AvgIpc) is 2.86. The van der Waals surface area contributed by atoms with Gasteiger partial charge in [-0.05, 0) is 18.6 Å². The molecule has 2 rings (SSSR count). The summed E-state index contributed by atoms with van der Waals surface area (Å²) in [6.07, 6.45) is 4.34. The van der Waals surface area contributed by atoms with Crippen LogP contribution in [0.5, 0.6) is 0 Å². The zero-order valence-electron chi connectivity index (χ0n) is 8.17. The van der Waals surface area contributed by atoms with E-state index in [-0.39, 0.29) is 0 Å². The number of hydrogen-bond acceptors (Lipinski definition) is 3. The lowest BCUT2D eigenvalue weighted by atomic mass is 10.3. The highest BCUT2D eigenvalue weighted by atomic mass is 32.1. The molecule has 0 saturated carbocycles. The van der Waals surface area contributed by atoms with Crippen LogP contribution in [0.15, 0.2) is 24.5 Å². The Morgan fingerprint density at radius 3 is 2.67 bits per heavy atom. The Hall–Kier alpha value is -1.62. The number of aromatic nitrogens is 2. The summed E-state index contributed by atoms with van der Waals surface area (Å²) in [7, 11) is 0. The molecule has 0 aliphatic rings. The predicted molar refractivity (Wildman–Crippen MR) is 57.8 cm³/mol. The molecule has 0 unspecified atom stereocenters. The Bertz CT molecular complexity index is 474. The first-order chi connectivity index (χ1) is 7.22. The van der Waals surface area contributed by atoms with Crippen LogP contribution in [-0.2, 0) is 6.42 Å². The number of thiazole rings is 1. The number of hydrogen-bond donors (Lipinski definition) is 1. The highest BCUT2D eigenvalue weighted by molar-refractivity contribution is 7.16. The molecule has 1 N–H and O–H groups in total. The third-order valence-electron chi connectivity index (χ3n) is 2.04. The number of carboxylic acids is 1. The molecule has 2 aromatic heterocycles. The second-order valence-corrected chi connectivity index (χ2v) is 4.00. The molecule has 0 bridgehead atoms. The third kappa shape index (κ3) is 1.78. The van der Waals surface area contributed by atoms with Gasteiger partial charge >= 0.3 is 5.97 Å². The second-order valence-electron chi connectivity index (χ2n) is 3.02. The number of carbonyl (C=O) groups is 1. The van der Waals surface area contributed by atoms with Crippen LogP contribution in [0.4, 0.5) is 0 Å². The van der Waals surface area contributed by atoms with Crippen molar-refractivity contribution in [2.45, 2.75) is 13.3 Å². The van der Waals surface area contributed by atoms with E-state index in [1.165, 1.54) is 11.3 Å². The van der Waals surface area contributed by atoms with Gasteiger partial charge in [-0.15, -0.1) is 0 Å². The highest BCUT2D eigenvalue weighted by Crippen LogP contribution is 2.22. The van der Waals surface area contributed by atoms with Crippen molar-refractivity contribution in [3.63, 3.8) is 0 Å². The lowest BCUT2D eigenvalue weighted by Gasteiger charge is -1.93. The maximum absolute atomic E-state index is 10.9. The summed E-state index contributed by atoms with van der Waals surface area (Å²) in [6, 6.07) is 3.76. The van der Waals surface area contributed by atoms with Crippen LogP contribution < -0.4 is 0 Å². The van der Waals surface area contributed by atoms with Gasteiger partial charge in [0.25, 0.3) is 0 Å². The van der Waals surface area contributed by atoms with Gasteiger partial charge in [0.15, 0.2) is 5.13 Å². The number of aromatic carboxylic acids is 1. The van der Waals surface area contributed by atoms with Gasteiger partial charge in [0.05, 0.1) is 5.69 Å². The summed E-state index contributed by atoms with van der Waals surface area (Å²) in [5.41, 5.74) is 0.649. The summed E-state index contributed by atoms with van der Waals surface area (Å²) in [5, 5.41) is 9.67. The summed E-state index contributed by atoms with van der Waals surface area (Å²) < 4.78 is 1.82. The maximum atomic E-state index is 10.9. The SMILES string of the molecule is CCc1nc(-n2cccc2)sc1C(=O)O. The van der Waals surface area contributed by atoms with Crippen LogP contribution in [0.3, 0.4) is 0 Å². The molecule has 2 heterocycles. The Labute approximate surface area is 90.8 Å². The van der Waals surface area contributed by atoms with E-state index in [0.29, 0.717) is 22.1 Å². The van der Waals surface area contributed by atoms with Gasteiger partial charge in [-0.25, -0.2) is 9.78 Å². The number of carboxylic acid groups (broad SMARTS) is 1. The van der Waals surface area contributed by atoms with E-state index in [1.807, 2.05) is 36.0 Å². The van der Waals surface area contributed by atoms with Gasteiger partial charge in [0.1, 0.15) is 4.88 Å². The normalized spacial score (nSPS) is 10.5. The van der Waals surface area contributed by atoms with Crippen LogP contribution in [-0.4, -0.2) is 20.6 Å². The van der Waals surface area contributed by atoms with E-state index in [2.05, 4.69) is 4.98 Å². The molecule has 2 aromatic rings. The highest BCUT2D eigenvalue weighted by Gasteiger charge is 2.16. The molecule has 78 valence electrons. The van der Waals surface area contributed by atoms with Crippen molar-refractivity contribution in [2.75, 3.05) is 0 Å². The summed E-state index contributed by atoms with van der Waals surface area (Å²) in [5.74, 6) is -0.900. The van der Waals surface area contributed by atoms with E-state index in [9.17, 15) is 4.79 Å². The van der Waals surface area contributed by atoms with Crippen molar-refractivity contribution in [1.82, 2.24) is 9.55 Å². The van der Waals surface area contributed by atoms with Gasteiger partial charge in [-0.2, -0.15) is 0 Å². The third-order valence-corrected chi connectivity index (χ3v) is 3.14. The first-order valence-corrected chi connectivity index (χ1v) is 5.40. The topological polar surface area (TPSA) is 55.1 Å². The van der Waals surface area contributed by atoms with Crippen LogP contribution >= 0.6 is 11.3 Å². The zero-order chi connectivity index (χ0) is 10.8. The smallest absolute Gasteiger partial charge is 0.347 e. The Morgan fingerprint density at radius 1 is 1.53 bits per heavy atom. The Balaban J connectivity index is 2.48. The fourth-order valence-electron chi connectivity index (χ4n) is 1.32. The molecule has 0 fully saturated rings. The molecule has 0 atom stereocenters. The number of rotatable bonds is 3. The molecule has 15 heavy (non-hydrogen) atoms.